The van der Waals surface area contributed by atoms with Gasteiger partial charge in [-0.25, -0.2) is 8.42 Å². The molecule has 1 aliphatic rings. The van der Waals surface area contributed by atoms with Crippen LogP contribution in [-0.2, 0) is 25.0 Å². The second kappa shape index (κ2) is 6.29. The number of ether oxygens (including phenoxy) is 1. The first-order valence-electron chi connectivity index (χ1n) is 6.50. The Labute approximate surface area is 135 Å². The topological polar surface area (TPSA) is 63.7 Å². The molecule has 23 heavy (non-hydrogen) atoms. The van der Waals surface area contributed by atoms with E-state index in [9.17, 15) is 26.4 Å². The third-order valence-electron chi connectivity index (χ3n) is 3.59. The normalized spacial score (nSPS) is 19.2. The van der Waals surface area contributed by atoms with Crippen LogP contribution in [0.3, 0.4) is 0 Å². The predicted octanol–water partition coefficient (Wildman–Crippen LogP) is 2.25. The number of hydrogen-bond acceptors (Lipinski definition) is 4. The van der Waals surface area contributed by atoms with Crippen LogP contribution in [0.25, 0.3) is 0 Å². The van der Waals surface area contributed by atoms with Crippen molar-refractivity contribution < 1.29 is 31.1 Å². The highest BCUT2D eigenvalue weighted by Crippen LogP contribution is 2.31. The van der Waals surface area contributed by atoms with E-state index in [0.717, 1.165) is 0 Å². The van der Waals surface area contributed by atoms with Crippen LogP contribution in [0.4, 0.5) is 13.2 Å². The second-order valence-corrected chi connectivity index (χ2v) is 7.59. The molecule has 1 atom stereocenters. The van der Waals surface area contributed by atoms with Crippen molar-refractivity contribution in [2.75, 3.05) is 20.2 Å². The molecule has 0 saturated heterocycles. The van der Waals surface area contributed by atoms with Gasteiger partial charge in [0, 0.05) is 24.3 Å². The van der Waals surface area contributed by atoms with Crippen LogP contribution in [0.2, 0.25) is 0 Å². The van der Waals surface area contributed by atoms with Gasteiger partial charge in [0.1, 0.15) is 0 Å². The number of benzene rings is 1. The van der Waals surface area contributed by atoms with Gasteiger partial charge in [0.25, 0.3) is 9.05 Å². The Morgan fingerprint density at radius 1 is 1.39 bits per heavy atom. The zero-order valence-corrected chi connectivity index (χ0v) is 13.5. The smallest absolute Gasteiger partial charge is 0.375 e. The number of alkyl halides is 3. The minimum absolute atomic E-state index is 0.0667. The minimum atomic E-state index is -4.97. The SMILES string of the molecule is COC1CN(C(=O)C(F)(F)F)CCc2cc(S(=O)(=O)Cl)ccc21. The van der Waals surface area contributed by atoms with Crippen LogP contribution in [0.5, 0.6) is 0 Å². The summed E-state index contributed by atoms with van der Waals surface area (Å²) in [6.45, 7) is -0.466. The summed E-state index contributed by atoms with van der Waals surface area (Å²) in [4.78, 5) is 11.9. The van der Waals surface area contributed by atoms with E-state index in [-0.39, 0.29) is 24.4 Å². The molecule has 0 fully saturated rings. The van der Waals surface area contributed by atoms with Gasteiger partial charge in [0.2, 0.25) is 0 Å². The number of methoxy groups -OCH3 is 1. The minimum Gasteiger partial charge on any atom is -0.375 e. The molecule has 1 amide bonds. The Bertz CT molecular complexity index is 720. The number of nitrogens with zero attached hydrogens (tertiary/aromatic N) is 1. The van der Waals surface area contributed by atoms with Crippen molar-refractivity contribution in [3.05, 3.63) is 29.3 Å². The van der Waals surface area contributed by atoms with Gasteiger partial charge in [-0.2, -0.15) is 13.2 Å². The third kappa shape index (κ3) is 3.96. The van der Waals surface area contributed by atoms with E-state index >= 15 is 0 Å². The second-order valence-electron chi connectivity index (χ2n) is 5.02. The van der Waals surface area contributed by atoms with Gasteiger partial charge in [0.05, 0.1) is 17.5 Å². The summed E-state index contributed by atoms with van der Waals surface area (Å²) < 4.78 is 65.8. The molecule has 0 bridgehead atoms. The third-order valence-corrected chi connectivity index (χ3v) is 4.95. The number of carbonyl (C=O) groups is 1. The molecule has 0 spiro atoms. The summed E-state index contributed by atoms with van der Waals surface area (Å²) in [6, 6.07) is 4.00. The van der Waals surface area contributed by atoms with Gasteiger partial charge in [-0.15, -0.1) is 0 Å². The summed E-state index contributed by atoms with van der Waals surface area (Å²) in [5, 5.41) is 0. The number of carbonyl (C=O) groups excluding carboxylic acids is 1. The van der Waals surface area contributed by atoms with E-state index in [1.807, 2.05) is 0 Å². The van der Waals surface area contributed by atoms with E-state index in [4.69, 9.17) is 15.4 Å². The van der Waals surface area contributed by atoms with Crippen LogP contribution >= 0.6 is 10.7 Å². The van der Waals surface area contributed by atoms with Crippen molar-refractivity contribution in [1.82, 2.24) is 4.90 Å². The fourth-order valence-corrected chi connectivity index (χ4v) is 3.28. The molecule has 0 N–H and O–H groups in total. The van der Waals surface area contributed by atoms with Gasteiger partial charge < -0.3 is 9.64 Å². The molecule has 1 aromatic rings. The van der Waals surface area contributed by atoms with E-state index in [1.165, 1.54) is 25.3 Å². The molecule has 0 aliphatic carbocycles. The van der Waals surface area contributed by atoms with Crippen LogP contribution < -0.4 is 0 Å². The van der Waals surface area contributed by atoms with Crippen molar-refractivity contribution in [1.29, 1.82) is 0 Å². The van der Waals surface area contributed by atoms with E-state index in [2.05, 4.69) is 0 Å². The van der Waals surface area contributed by atoms with Gasteiger partial charge in [-0.3, -0.25) is 4.79 Å². The van der Waals surface area contributed by atoms with Gasteiger partial charge in [-0.05, 0) is 29.7 Å². The molecular weight excluding hydrogens is 359 g/mol. The molecule has 0 saturated carbocycles. The summed E-state index contributed by atoms with van der Waals surface area (Å²) in [5.74, 6) is -1.95. The maximum absolute atomic E-state index is 12.6. The van der Waals surface area contributed by atoms with E-state index < -0.39 is 27.2 Å². The molecule has 0 radical (unpaired) electrons. The van der Waals surface area contributed by atoms with E-state index in [1.54, 1.807) is 0 Å². The average Bonchev–Trinajstić information content (AvgIpc) is 2.63. The van der Waals surface area contributed by atoms with Crippen LogP contribution in [0.15, 0.2) is 23.1 Å². The predicted molar refractivity (Wildman–Crippen MR) is 75.6 cm³/mol. The Hall–Kier alpha value is -1.32. The standard InChI is InChI=1S/C13H13ClF3NO4S/c1-22-11-7-18(12(19)13(15,16)17)5-4-8-6-9(23(14,20)21)2-3-10(8)11/h2-3,6,11H,4-5,7H2,1H3. The lowest BCUT2D eigenvalue weighted by Crippen LogP contribution is -2.43. The van der Waals surface area contributed by atoms with Crippen LogP contribution in [0, 0.1) is 0 Å². The van der Waals surface area contributed by atoms with Crippen molar-refractivity contribution in [2.24, 2.45) is 0 Å². The number of hydrogen-bond donors (Lipinski definition) is 0. The highest BCUT2D eigenvalue weighted by atomic mass is 35.7. The number of fused-ring (bicyclic) bond motifs is 1. The van der Waals surface area contributed by atoms with Crippen LogP contribution in [-0.4, -0.2) is 45.6 Å². The van der Waals surface area contributed by atoms with Crippen molar-refractivity contribution in [2.45, 2.75) is 23.6 Å². The monoisotopic (exact) mass is 371 g/mol. The van der Waals surface area contributed by atoms with Crippen molar-refractivity contribution >= 4 is 25.6 Å². The molecule has 5 nitrogen and oxygen atoms in total. The lowest BCUT2D eigenvalue weighted by atomic mass is 10.0. The number of halogens is 4. The Morgan fingerprint density at radius 3 is 2.57 bits per heavy atom. The Balaban J connectivity index is 2.39. The number of rotatable bonds is 2. The maximum atomic E-state index is 12.6. The van der Waals surface area contributed by atoms with Gasteiger partial charge in [0.15, 0.2) is 0 Å². The average molecular weight is 372 g/mol. The zero-order chi connectivity index (χ0) is 17.4. The molecule has 2 rings (SSSR count). The fourth-order valence-electron chi connectivity index (χ4n) is 2.47. The summed E-state index contributed by atoms with van der Waals surface area (Å²) in [7, 11) is 2.63. The fraction of sp³-hybridized carbons (Fsp3) is 0.462. The molecule has 1 unspecified atom stereocenters. The molecule has 0 aromatic heterocycles. The molecule has 1 aliphatic heterocycles. The molecule has 128 valence electrons. The first-order valence-corrected chi connectivity index (χ1v) is 8.81. The first kappa shape index (κ1) is 18.0. The maximum Gasteiger partial charge on any atom is 0.471 e. The van der Waals surface area contributed by atoms with Crippen molar-refractivity contribution in [3.8, 4) is 0 Å². The lowest BCUT2D eigenvalue weighted by molar-refractivity contribution is -0.186. The summed E-state index contributed by atoms with van der Waals surface area (Å²) >= 11 is 0. The van der Waals surface area contributed by atoms with Crippen molar-refractivity contribution in [3.63, 3.8) is 0 Å². The zero-order valence-electron chi connectivity index (χ0n) is 11.9. The summed E-state index contributed by atoms with van der Waals surface area (Å²) in [6.07, 6.45) is -5.69. The Kier molecular flexibility index (Phi) is 4.93. The highest BCUT2D eigenvalue weighted by molar-refractivity contribution is 8.13. The Morgan fingerprint density at radius 2 is 2.04 bits per heavy atom. The molecule has 1 aromatic carbocycles. The highest BCUT2D eigenvalue weighted by Gasteiger charge is 2.43. The first-order chi connectivity index (χ1) is 10.5. The van der Waals surface area contributed by atoms with Gasteiger partial charge in [-0.1, -0.05) is 6.07 Å². The number of amides is 1. The lowest BCUT2D eigenvalue weighted by Gasteiger charge is -2.25. The molecule has 10 heteroatoms. The molecule has 1 heterocycles. The van der Waals surface area contributed by atoms with Crippen LogP contribution in [0.1, 0.15) is 17.2 Å². The largest absolute Gasteiger partial charge is 0.471 e. The van der Waals surface area contributed by atoms with Gasteiger partial charge >= 0.3 is 12.1 Å². The molecular formula is C13H13ClF3NO4S. The quantitative estimate of drug-likeness (QED) is 0.748. The summed E-state index contributed by atoms with van der Waals surface area (Å²) in [5.41, 5.74) is 1.02. The van der Waals surface area contributed by atoms with E-state index in [0.29, 0.717) is 16.0 Å².